The molecule has 0 fully saturated rings. The van der Waals surface area contributed by atoms with Gasteiger partial charge in [-0.15, -0.1) is 11.3 Å². The van der Waals surface area contributed by atoms with Gasteiger partial charge in [-0.1, -0.05) is 19.1 Å². The molecule has 0 saturated heterocycles. The van der Waals surface area contributed by atoms with Crippen LogP contribution in [0.2, 0.25) is 0 Å². The minimum absolute atomic E-state index is 0.182. The van der Waals surface area contributed by atoms with Crippen molar-refractivity contribution in [3.05, 3.63) is 45.9 Å². The molecule has 2 aromatic rings. The Balaban J connectivity index is 2.34. The highest BCUT2D eigenvalue weighted by atomic mass is 32.2. The monoisotopic (exact) mass is 326 g/mol. The molecule has 0 aliphatic heterocycles. The van der Waals surface area contributed by atoms with E-state index < -0.39 is 10.0 Å². The van der Waals surface area contributed by atoms with Crippen molar-refractivity contribution in [3.8, 4) is 0 Å². The molecule has 1 aromatic carbocycles. The van der Waals surface area contributed by atoms with Gasteiger partial charge in [0.05, 0.1) is 17.5 Å². The second-order valence-electron chi connectivity index (χ2n) is 4.65. The normalized spacial score (nSPS) is 13.3. The third-order valence-electron chi connectivity index (χ3n) is 3.31. The van der Waals surface area contributed by atoms with Crippen molar-refractivity contribution in [2.24, 2.45) is 0 Å². The minimum atomic E-state index is -3.66. The van der Waals surface area contributed by atoms with Crippen LogP contribution >= 0.6 is 11.3 Å². The average Bonchev–Trinajstić information content (AvgIpc) is 2.99. The fourth-order valence-corrected chi connectivity index (χ4v) is 4.51. The van der Waals surface area contributed by atoms with Crippen molar-refractivity contribution in [3.63, 3.8) is 0 Å². The maximum Gasteiger partial charge on any atom is 0.241 e. The summed E-state index contributed by atoms with van der Waals surface area (Å²) < 4.78 is 27.8. The van der Waals surface area contributed by atoms with Gasteiger partial charge >= 0.3 is 0 Å². The quantitative estimate of drug-likeness (QED) is 0.854. The lowest BCUT2D eigenvalue weighted by molar-refractivity contribution is 0.280. The number of hydrogen-bond donors (Lipinski definition) is 2. The predicted octanol–water partition coefficient (Wildman–Crippen LogP) is 2.37. The summed E-state index contributed by atoms with van der Waals surface area (Å²) in [5.41, 5.74) is 1.18. The van der Waals surface area contributed by atoms with Crippen molar-refractivity contribution in [1.82, 2.24) is 9.71 Å². The molecular formula is C14H18N2O3S2. The lowest BCUT2D eigenvalue weighted by atomic mass is 10.1. The van der Waals surface area contributed by atoms with Crippen LogP contribution in [0.3, 0.4) is 0 Å². The number of benzene rings is 1. The summed E-state index contributed by atoms with van der Waals surface area (Å²) >= 11 is 1.43. The molecule has 0 spiro atoms. The molecule has 1 atom stereocenters. The molecule has 0 saturated carbocycles. The Morgan fingerprint density at radius 3 is 2.76 bits per heavy atom. The van der Waals surface area contributed by atoms with E-state index >= 15 is 0 Å². The van der Waals surface area contributed by atoms with Crippen LogP contribution in [0.15, 0.2) is 34.7 Å². The first-order valence-corrected chi connectivity index (χ1v) is 8.97. The Morgan fingerprint density at radius 2 is 2.19 bits per heavy atom. The van der Waals surface area contributed by atoms with Gasteiger partial charge in [-0.2, -0.15) is 0 Å². The molecule has 114 valence electrons. The average molecular weight is 326 g/mol. The van der Waals surface area contributed by atoms with E-state index in [1.165, 1.54) is 11.3 Å². The van der Waals surface area contributed by atoms with Gasteiger partial charge in [0.25, 0.3) is 0 Å². The van der Waals surface area contributed by atoms with Crippen LogP contribution in [0, 0.1) is 6.92 Å². The Bertz CT molecular complexity index is 697. The van der Waals surface area contributed by atoms with E-state index in [2.05, 4.69) is 9.71 Å². The Hall–Kier alpha value is -1.28. The first kappa shape index (κ1) is 16.1. The summed E-state index contributed by atoms with van der Waals surface area (Å²) in [7, 11) is -3.66. The Kier molecular flexibility index (Phi) is 5.10. The third-order valence-corrected chi connectivity index (χ3v) is 5.82. The number of aliphatic hydroxyl groups excluding tert-OH is 1. The Labute approximate surface area is 128 Å². The fraction of sp³-hybridized carbons (Fsp3) is 0.357. The lowest BCUT2D eigenvalue weighted by Gasteiger charge is -2.17. The number of rotatable bonds is 6. The maximum absolute atomic E-state index is 12.6. The van der Waals surface area contributed by atoms with Gasteiger partial charge in [0.2, 0.25) is 10.0 Å². The molecule has 0 radical (unpaired) electrons. The van der Waals surface area contributed by atoms with Crippen LogP contribution in [0.25, 0.3) is 0 Å². The highest BCUT2D eigenvalue weighted by Gasteiger charge is 2.23. The second kappa shape index (κ2) is 6.65. The second-order valence-corrected chi connectivity index (χ2v) is 7.26. The molecule has 1 aromatic heterocycles. The van der Waals surface area contributed by atoms with Crippen LogP contribution in [0.4, 0.5) is 0 Å². The summed E-state index contributed by atoms with van der Waals surface area (Å²) in [6.45, 7) is 3.43. The maximum atomic E-state index is 12.6. The number of sulfonamides is 1. The van der Waals surface area contributed by atoms with Gasteiger partial charge in [0.15, 0.2) is 0 Å². The number of nitrogens with zero attached hydrogens (tertiary/aromatic N) is 1. The van der Waals surface area contributed by atoms with Gasteiger partial charge in [0.1, 0.15) is 5.01 Å². The van der Waals surface area contributed by atoms with Gasteiger partial charge in [0, 0.05) is 11.6 Å². The molecule has 0 aliphatic carbocycles. The fourth-order valence-electron chi connectivity index (χ4n) is 2.09. The highest BCUT2D eigenvalue weighted by Crippen LogP contribution is 2.24. The number of aromatic nitrogens is 1. The van der Waals surface area contributed by atoms with Crippen molar-refractivity contribution >= 4 is 21.4 Å². The van der Waals surface area contributed by atoms with Crippen LogP contribution in [0.1, 0.15) is 35.5 Å². The molecule has 5 nitrogen and oxygen atoms in total. The predicted molar refractivity (Wildman–Crippen MR) is 82.6 cm³/mol. The van der Waals surface area contributed by atoms with E-state index in [0.29, 0.717) is 17.5 Å². The lowest BCUT2D eigenvalue weighted by Crippen LogP contribution is -2.29. The van der Waals surface area contributed by atoms with E-state index in [-0.39, 0.29) is 17.5 Å². The number of hydrogen-bond acceptors (Lipinski definition) is 5. The number of thiazole rings is 1. The summed E-state index contributed by atoms with van der Waals surface area (Å²) in [5, 5.41) is 11.8. The molecule has 0 amide bonds. The molecule has 0 aliphatic rings. The topological polar surface area (TPSA) is 79.3 Å². The van der Waals surface area contributed by atoms with Crippen molar-refractivity contribution in [2.45, 2.75) is 37.8 Å². The molecule has 7 heteroatoms. The van der Waals surface area contributed by atoms with Gasteiger partial charge in [-0.05, 0) is 30.5 Å². The van der Waals surface area contributed by atoms with Crippen molar-refractivity contribution in [1.29, 1.82) is 0 Å². The summed E-state index contributed by atoms with van der Waals surface area (Å²) in [6.07, 6.45) is 2.28. The molecule has 2 rings (SSSR count). The molecular weight excluding hydrogens is 308 g/mol. The summed E-state index contributed by atoms with van der Waals surface area (Å²) in [6, 6.07) is 4.56. The van der Waals surface area contributed by atoms with E-state index in [1.54, 1.807) is 31.3 Å². The molecule has 1 unspecified atom stereocenters. The van der Waals surface area contributed by atoms with Crippen LogP contribution in [0.5, 0.6) is 0 Å². The van der Waals surface area contributed by atoms with Gasteiger partial charge in [-0.3, -0.25) is 0 Å². The number of nitrogens with one attached hydrogen (secondary N) is 1. The third kappa shape index (κ3) is 3.49. The smallest absolute Gasteiger partial charge is 0.241 e. The minimum Gasteiger partial charge on any atom is -0.392 e. The van der Waals surface area contributed by atoms with E-state index in [1.807, 2.05) is 12.3 Å². The molecule has 0 bridgehead atoms. The van der Waals surface area contributed by atoms with Gasteiger partial charge in [-0.25, -0.2) is 18.1 Å². The standard InChI is InChI=1S/C14H18N2O3S2/c1-3-12(14-15-7-8-20-14)16-21(18,19)13-6-4-5-11(9-17)10(13)2/h4-8,12,16-17H,3,9H2,1-2H3. The molecule has 21 heavy (non-hydrogen) atoms. The van der Waals surface area contributed by atoms with Crippen LogP contribution in [-0.2, 0) is 16.6 Å². The first-order chi connectivity index (χ1) is 9.99. The van der Waals surface area contributed by atoms with Crippen molar-refractivity contribution in [2.75, 3.05) is 0 Å². The highest BCUT2D eigenvalue weighted by molar-refractivity contribution is 7.89. The zero-order chi connectivity index (χ0) is 15.5. The largest absolute Gasteiger partial charge is 0.392 e. The summed E-state index contributed by atoms with van der Waals surface area (Å²) in [5.74, 6) is 0. The first-order valence-electron chi connectivity index (χ1n) is 6.60. The Morgan fingerprint density at radius 1 is 1.43 bits per heavy atom. The molecule has 2 N–H and O–H groups in total. The van der Waals surface area contributed by atoms with Crippen molar-refractivity contribution < 1.29 is 13.5 Å². The SMILES string of the molecule is CCC(NS(=O)(=O)c1cccc(CO)c1C)c1nccs1. The van der Waals surface area contributed by atoms with E-state index in [9.17, 15) is 13.5 Å². The van der Waals surface area contributed by atoms with Crippen LogP contribution < -0.4 is 4.72 Å². The number of aliphatic hydroxyl groups is 1. The van der Waals surface area contributed by atoms with E-state index in [0.717, 1.165) is 5.01 Å². The van der Waals surface area contributed by atoms with Crippen LogP contribution in [-0.4, -0.2) is 18.5 Å². The van der Waals surface area contributed by atoms with E-state index in [4.69, 9.17) is 0 Å². The zero-order valence-corrected chi connectivity index (χ0v) is 13.5. The molecule has 1 heterocycles. The summed E-state index contributed by atoms with van der Waals surface area (Å²) in [4.78, 5) is 4.37. The van der Waals surface area contributed by atoms with Gasteiger partial charge < -0.3 is 5.11 Å². The zero-order valence-electron chi connectivity index (χ0n) is 11.9.